The van der Waals surface area contributed by atoms with Gasteiger partial charge in [-0.25, -0.2) is 0 Å². The molecule has 25 heavy (non-hydrogen) atoms. The first-order valence-electron chi connectivity index (χ1n) is 8.61. The number of hydrogen-bond acceptors (Lipinski definition) is 4. The Morgan fingerprint density at radius 1 is 1.00 bits per heavy atom. The molecule has 0 fully saturated rings. The van der Waals surface area contributed by atoms with Crippen LogP contribution in [0.3, 0.4) is 0 Å². The fraction of sp³-hybridized carbons (Fsp3) is 0.286. The molecule has 0 spiro atoms. The second-order valence-corrected chi connectivity index (χ2v) is 5.72. The summed E-state index contributed by atoms with van der Waals surface area (Å²) in [7, 11) is 0. The Bertz CT molecular complexity index is 720. The van der Waals surface area contributed by atoms with Crippen molar-refractivity contribution in [1.82, 2.24) is 0 Å². The Labute approximate surface area is 149 Å². The van der Waals surface area contributed by atoms with Gasteiger partial charge in [0, 0.05) is 22.9 Å². The highest BCUT2D eigenvalue weighted by Crippen LogP contribution is 2.27. The van der Waals surface area contributed by atoms with E-state index in [1.807, 2.05) is 18.2 Å². The Morgan fingerprint density at radius 2 is 1.68 bits per heavy atom. The molecular formula is C21H25NO3. The topological polar surface area (TPSA) is 61.5 Å². The Balaban J connectivity index is 2.18. The molecule has 0 radical (unpaired) electrons. The van der Waals surface area contributed by atoms with Crippen molar-refractivity contribution in [2.24, 2.45) is 0 Å². The lowest BCUT2D eigenvalue weighted by Crippen LogP contribution is -2.00. The van der Waals surface area contributed by atoms with Gasteiger partial charge >= 0.3 is 0 Å². The molecule has 0 amide bonds. The van der Waals surface area contributed by atoms with Crippen molar-refractivity contribution in [3.05, 3.63) is 59.7 Å². The molecule has 2 aromatic carbocycles. The van der Waals surface area contributed by atoms with Crippen LogP contribution in [0.25, 0.3) is 6.08 Å². The van der Waals surface area contributed by atoms with Crippen LogP contribution in [0.5, 0.6) is 11.5 Å². The lowest BCUT2D eigenvalue weighted by molar-refractivity contribution is 0.104. The van der Waals surface area contributed by atoms with Crippen LogP contribution in [0, 0.1) is 0 Å². The largest absolute Gasteiger partial charge is 0.493 e. The van der Waals surface area contributed by atoms with E-state index in [1.54, 1.807) is 36.4 Å². The van der Waals surface area contributed by atoms with Crippen LogP contribution in [-0.4, -0.2) is 19.0 Å². The maximum Gasteiger partial charge on any atom is 0.185 e. The number of ketones is 1. The number of carbonyl (C=O) groups excluding carboxylic acids is 1. The van der Waals surface area contributed by atoms with Gasteiger partial charge in [0.25, 0.3) is 0 Å². The van der Waals surface area contributed by atoms with E-state index >= 15 is 0 Å². The highest BCUT2D eigenvalue weighted by Gasteiger charge is 2.06. The zero-order chi connectivity index (χ0) is 18.1. The Hall–Kier alpha value is -2.75. The maximum absolute atomic E-state index is 12.3. The van der Waals surface area contributed by atoms with Crippen LogP contribution < -0.4 is 15.2 Å². The summed E-state index contributed by atoms with van der Waals surface area (Å²) in [6.07, 6.45) is 5.18. The predicted molar refractivity (Wildman–Crippen MR) is 102 cm³/mol. The smallest absolute Gasteiger partial charge is 0.185 e. The van der Waals surface area contributed by atoms with E-state index in [9.17, 15) is 4.79 Å². The van der Waals surface area contributed by atoms with Gasteiger partial charge in [0.2, 0.25) is 0 Å². The van der Waals surface area contributed by atoms with E-state index in [0.29, 0.717) is 24.5 Å². The zero-order valence-corrected chi connectivity index (χ0v) is 14.8. The molecule has 0 heterocycles. The van der Waals surface area contributed by atoms with Gasteiger partial charge in [0.1, 0.15) is 11.5 Å². The first-order chi connectivity index (χ1) is 12.1. The third kappa shape index (κ3) is 5.68. The van der Waals surface area contributed by atoms with Gasteiger partial charge in [-0.2, -0.15) is 0 Å². The van der Waals surface area contributed by atoms with Crippen LogP contribution in [0.2, 0.25) is 0 Å². The number of anilines is 1. The molecule has 0 aliphatic carbocycles. The van der Waals surface area contributed by atoms with Crippen molar-refractivity contribution >= 4 is 17.5 Å². The van der Waals surface area contributed by atoms with Gasteiger partial charge in [-0.1, -0.05) is 13.8 Å². The summed E-state index contributed by atoms with van der Waals surface area (Å²) in [5.41, 5.74) is 7.74. The second-order valence-electron chi connectivity index (χ2n) is 5.72. The molecule has 0 bridgehead atoms. The summed E-state index contributed by atoms with van der Waals surface area (Å²) in [4.78, 5) is 12.3. The van der Waals surface area contributed by atoms with Crippen LogP contribution in [-0.2, 0) is 0 Å². The third-order valence-corrected chi connectivity index (χ3v) is 3.53. The number of nitrogen functional groups attached to an aromatic ring is 1. The maximum atomic E-state index is 12.3. The van der Waals surface area contributed by atoms with Gasteiger partial charge in [-0.05, 0) is 61.4 Å². The summed E-state index contributed by atoms with van der Waals surface area (Å²) in [5.74, 6) is 1.42. The van der Waals surface area contributed by atoms with Crippen LogP contribution in [0.4, 0.5) is 5.69 Å². The first kappa shape index (κ1) is 18.6. The van der Waals surface area contributed by atoms with Crippen molar-refractivity contribution in [3.63, 3.8) is 0 Å². The standard InChI is InChI=1S/C21H25NO3/c1-3-13-24-19-11-7-17(21(15-19)25-14-4-2)8-12-20(23)16-5-9-18(22)10-6-16/h5-12,15H,3-4,13-14,22H2,1-2H3. The van der Waals surface area contributed by atoms with Crippen molar-refractivity contribution in [2.45, 2.75) is 26.7 Å². The number of nitrogens with two attached hydrogens (primary N) is 1. The molecule has 2 N–H and O–H groups in total. The van der Waals surface area contributed by atoms with E-state index < -0.39 is 0 Å². The predicted octanol–water partition coefficient (Wildman–Crippen LogP) is 4.74. The molecular weight excluding hydrogens is 314 g/mol. The monoisotopic (exact) mass is 339 g/mol. The molecule has 0 aromatic heterocycles. The van der Waals surface area contributed by atoms with E-state index in [1.165, 1.54) is 0 Å². The number of benzene rings is 2. The van der Waals surface area contributed by atoms with Crippen LogP contribution in [0.1, 0.15) is 42.6 Å². The van der Waals surface area contributed by atoms with Crippen LogP contribution >= 0.6 is 0 Å². The molecule has 0 aliphatic rings. The van der Waals surface area contributed by atoms with Gasteiger partial charge in [0.15, 0.2) is 5.78 Å². The SMILES string of the molecule is CCCOc1ccc(C=CC(=O)c2ccc(N)cc2)c(OCCC)c1. The van der Waals surface area contributed by atoms with Crippen molar-refractivity contribution in [2.75, 3.05) is 18.9 Å². The molecule has 4 nitrogen and oxygen atoms in total. The van der Waals surface area contributed by atoms with Crippen LogP contribution in [0.15, 0.2) is 48.5 Å². The van der Waals surface area contributed by atoms with E-state index in [0.717, 1.165) is 29.9 Å². The molecule has 0 saturated carbocycles. The molecule has 0 atom stereocenters. The Morgan fingerprint density at radius 3 is 2.36 bits per heavy atom. The van der Waals surface area contributed by atoms with Gasteiger partial charge < -0.3 is 15.2 Å². The summed E-state index contributed by atoms with van der Waals surface area (Å²) >= 11 is 0. The highest BCUT2D eigenvalue weighted by atomic mass is 16.5. The van der Waals surface area contributed by atoms with Gasteiger partial charge in [-0.15, -0.1) is 0 Å². The quantitative estimate of drug-likeness (QED) is 0.407. The minimum Gasteiger partial charge on any atom is -0.493 e. The average Bonchev–Trinajstić information content (AvgIpc) is 2.64. The lowest BCUT2D eigenvalue weighted by Gasteiger charge is -2.11. The zero-order valence-electron chi connectivity index (χ0n) is 14.8. The summed E-state index contributed by atoms with van der Waals surface area (Å²) in [5, 5.41) is 0. The molecule has 0 unspecified atom stereocenters. The molecule has 2 aromatic rings. The number of allylic oxidation sites excluding steroid dienone is 1. The number of ether oxygens (including phenoxy) is 2. The summed E-state index contributed by atoms with van der Waals surface area (Å²) in [6.45, 7) is 5.40. The Kier molecular flexibility index (Phi) is 7.08. The van der Waals surface area contributed by atoms with E-state index in [-0.39, 0.29) is 5.78 Å². The molecule has 4 heteroatoms. The molecule has 0 saturated heterocycles. The fourth-order valence-corrected chi connectivity index (χ4v) is 2.21. The number of rotatable bonds is 9. The van der Waals surface area contributed by atoms with Crippen molar-refractivity contribution < 1.29 is 14.3 Å². The fourth-order valence-electron chi connectivity index (χ4n) is 2.21. The summed E-state index contributed by atoms with van der Waals surface area (Å²) in [6, 6.07) is 12.5. The van der Waals surface area contributed by atoms with E-state index in [4.69, 9.17) is 15.2 Å². The summed E-state index contributed by atoms with van der Waals surface area (Å²) < 4.78 is 11.5. The van der Waals surface area contributed by atoms with Gasteiger partial charge in [0.05, 0.1) is 13.2 Å². The first-order valence-corrected chi connectivity index (χ1v) is 8.61. The lowest BCUT2D eigenvalue weighted by atomic mass is 10.1. The average molecular weight is 339 g/mol. The third-order valence-electron chi connectivity index (χ3n) is 3.53. The number of hydrogen-bond donors (Lipinski definition) is 1. The van der Waals surface area contributed by atoms with E-state index in [2.05, 4.69) is 13.8 Å². The molecule has 132 valence electrons. The van der Waals surface area contributed by atoms with Gasteiger partial charge in [-0.3, -0.25) is 4.79 Å². The van der Waals surface area contributed by atoms with Crippen molar-refractivity contribution in [3.8, 4) is 11.5 Å². The minimum absolute atomic E-state index is 0.0762. The normalized spacial score (nSPS) is 10.8. The molecule has 2 rings (SSSR count). The van der Waals surface area contributed by atoms with Crippen molar-refractivity contribution in [1.29, 1.82) is 0 Å². The second kappa shape index (κ2) is 9.52. The highest BCUT2D eigenvalue weighted by molar-refractivity contribution is 6.07. The molecule has 0 aliphatic heterocycles. The number of carbonyl (C=O) groups is 1. The minimum atomic E-state index is -0.0762.